The van der Waals surface area contributed by atoms with E-state index in [1.165, 1.54) is 24.0 Å². The smallest absolute Gasteiger partial charge is 0.407 e. The molecule has 28 heavy (non-hydrogen) atoms. The molecule has 2 N–H and O–H groups in total. The van der Waals surface area contributed by atoms with Gasteiger partial charge in [0, 0.05) is 5.92 Å². The Morgan fingerprint density at radius 3 is 2.14 bits per heavy atom. The van der Waals surface area contributed by atoms with Crippen molar-refractivity contribution < 1.29 is 19.4 Å². The zero-order chi connectivity index (χ0) is 19.3. The number of rotatable bonds is 5. The summed E-state index contributed by atoms with van der Waals surface area (Å²) < 4.78 is 5.49. The van der Waals surface area contributed by atoms with Crippen molar-refractivity contribution in [2.45, 2.75) is 37.6 Å². The first-order valence-corrected chi connectivity index (χ1v) is 9.91. The van der Waals surface area contributed by atoms with Gasteiger partial charge in [-0.15, -0.1) is 0 Å². The van der Waals surface area contributed by atoms with Gasteiger partial charge in [-0.3, -0.25) is 0 Å². The fourth-order valence-electron chi connectivity index (χ4n) is 5.02. The van der Waals surface area contributed by atoms with Gasteiger partial charge in [0.15, 0.2) is 0 Å². The average molecular weight is 377 g/mol. The summed E-state index contributed by atoms with van der Waals surface area (Å²) in [7, 11) is 0. The van der Waals surface area contributed by atoms with Crippen LogP contribution in [0, 0.1) is 11.3 Å². The molecule has 2 aromatic rings. The van der Waals surface area contributed by atoms with Crippen molar-refractivity contribution in [2.75, 3.05) is 6.61 Å². The van der Waals surface area contributed by atoms with E-state index in [0.29, 0.717) is 5.41 Å². The van der Waals surface area contributed by atoms with E-state index in [-0.39, 0.29) is 18.4 Å². The Morgan fingerprint density at radius 2 is 1.61 bits per heavy atom. The maximum absolute atomic E-state index is 12.4. The number of nitrogens with one attached hydrogen (secondary N) is 1. The van der Waals surface area contributed by atoms with Crippen LogP contribution in [0.3, 0.4) is 0 Å². The zero-order valence-electron chi connectivity index (χ0n) is 15.6. The molecule has 0 unspecified atom stereocenters. The van der Waals surface area contributed by atoms with Gasteiger partial charge in [0.25, 0.3) is 0 Å². The quantitative estimate of drug-likeness (QED) is 0.820. The lowest BCUT2D eigenvalue weighted by Crippen LogP contribution is -2.50. The average Bonchev–Trinajstić information content (AvgIpc) is 3.41. The first kappa shape index (κ1) is 17.3. The molecular weight excluding hydrogens is 354 g/mol. The van der Waals surface area contributed by atoms with Gasteiger partial charge in [0.05, 0.1) is 0 Å². The Bertz CT molecular complexity index is 896. The van der Waals surface area contributed by atoms with Crippen molar-refractivity contribution in [3.63, 3.8) is 0 Å². The molecule has 0 aromatic heterocycles. The largest absolute Gasteiger partial charge is 0.480 e. The first-order chi connectivity index (χ1) is 13.6. The summed E-state index contributed by atoms with van der Waals surface area (Å²) >= 11 is 0. The number of benzene rings is 2. The van der Waals surface area contributed by atoms with E-state index < -0.39 is 18.1 Å². The summed E-state index contributed by atoms with van der Waals surface area (Å²) in [6.07, 6.45) is 3.54. The molecule has 3 aliphatic carbocycles. The Kier molecular flexibility index (Phi) is 3.93. The number of carbonyl (C=O) groups is 2. The standard InChI is InChI=1S/C23H23NO4/c25-21(26)20(14-11-23(12-14)9-10-23)24-22(27)28-13-19-17-7-3-1-5-15(17)16-6-2-4-8-18(16)19/h1-8,14,19-20H,9-13H2,(H,24,27)(H,25,26)/t20-/m0/s1. The number of ether oxygens (including phenoxy) is 1. The van der Waals surface area contributed by atoms with Gasteiger partial charge in [0.1, 0.15) is 12.6 Å². The molecule has 0 radical (unpaired) electrons. The second-order valence-corrected chi connectivity index (χ2v) is 8.45. The van der Waals surface area contributed by atoms with Crippen molar-refractivity contribution in [2.24, 2.45) is 11.3 Å². The number of aliphatic carboxylic acids is 1. The Balaban J connectivity index is 1.26. The summed E-state index contributed by atoms with van der Waals surface area (Å²) in [6, 6.07) is 15.4. The van der Waals surface area contributed by atoms with E-state index in [1.54, 1.807) is 0 Å². The lowest BCUT2D eigenvalue weighted by atomic mass is 9.68. The van der Waals surface area contributed by atoms with Gasteiger partial charge < -0.3 is 15.2 Å². The minimum absolute atomic E-state index is 0.0143. The number of carboxylic acids is 1. The molecule has 5 nitrogen and oxygen atoms in total. The third-order valence-electron chi connectivity index (χ3n) is 6.70. The molecule has 1 amide bonds. The normalized spacial score (nSPS) is 20.0. The van der Waals surface area contributed by atoms with Crippen LogP contribution in [-0.4, -0.2) is 29.8 Å². The third-order valence-corrected chi connectivity index (χ3v) is 6.70. The third kappa shape index (κ3) is 2.86. The van der Waals surface area contributed by atoms with E-state index in [9.17, 15) is 14.7 Å². The van der Waals surface area contributed by atoms with E-state index in [4.69, 9.17) is 4.74 Å². The predicted octanol–water partition coefficient (Wildman–Crippen LogP) is 4.17. The van der Waals surface area contributed by atoms with Gasteiger partial charge in [-0.25, -0.2) is 9.59 Å². The van der Waals surface area contributed by atoms with Gasteiger partial charge in [-0.05, 0) is 59.3 Å². The van der Waals surface area contributed by atoms with E-state index >= 15 is 0 Å². The molecule has 5 heteroatoms. The maximum atomic E-state index is 12.4. The monoisotopic (exact) mass is 377 g/mol. The van der Waals surface area contributed by atoms with Crippen LogP contribution in [0.25, 0.3) is 11.1 Å². The van der Waals surface area contributed by atoms with E-state index in [1.807, 2.05) is 24.3 Å². The van der Waals surface area contributed by atoms with E-state index in [0.717, 1.165) is 24.0 Å². The minimum Gasteiger partial charge on any atom is -0.480 e. The van der Waals surface area contributed by atoms with Crippen LogP contribution < -0.4 is 5.32 Å². The van der Waals surface area contributed by atoms with Gasteiger partial charge in [0.2, 0.25) is 0 Å². The number of alkyl carbamates (subject to hydrolysis) is 1. The molecule has 0 heterocycles. The topological polar surface area (TPSA) is 75.6 Å². The van der Waals surface area contributed by atoms with Gasteiger partial charge >= 0.3 is 12.1 Å². The number of hydrogen-bond acceptors (Lipinski definition) is 3. The highest BCUT2D eigenvalue weighted by atomic mass is 16.5. The van der Waals surface area contributed by atoms with Crippen LogP contribution >= 0.6 is 0 Å². The van der Waals surface area contributed by atoms with E-state index in [2.05, 4.69) is 29.6 Å². The Morgan fingerprint density at radius 1 is 1.04 bits per heavy atom. The molecule has 1 atom stereocenters. The second kappa shape index (κ2) is 6.36. The molecule has 2 saturated carbocycles. The number of hydrogen-bond donors (Lipinski definition) is 2. The number of amides is 1. The fraction of sp³-hybridized carbons (Fsp3) is 0.391. The van der Waals surface area contributed by atoms with Crippen LogP contribution in [0.4, 0.5) is 4.79 Å². The molecular formula is C23H23NO4. The molecule has 2 aromatic carbocycles. The SMILES string of the molecule is O=C(N[C@H](C(=O)O)C1CC2(CC2)C1)OCC1c2ccccc2-c2ccccc21. The van der Waals surface area contributed by atoms with Crippen LogP contribution in [0.1, 0.15) is 42.7 Å². The first-order valence-electron chi connectivity index (χ1n) is 9.91. The second-order valence-electron chi connectivity index (χ2n) is 8.45. The van der Waals surface area contributed by atoms with Crippen molar-refractivity contribution in [3.05, 3.63) is 59.7 Å². The van der Waals surface area contributed by atoms with Crippen molar-refractivity contribution in [3.8, 4) is 11.1 Å². The van der Waals surface area contributed by atoms with Crippen molar-refractivity contribution in [1.82, 2.24) is 5.32 Å². The minimum atomic E-state index is -0.978. The highest BCUT2D eigenvalue weighted by Gasteiger charge is 2.56. The van der Waals surface area contributed by atoms with Crippen LogP contribution in [0.15, 0.2) is 48.5 Å². The summed E-state index contributed by atoms with van der Waals surface area (Å²) in [6.45, 7) is 0.195. The van der Waals surface area contributed by atoms with Gasteiger partial charge in [-0.2, -0.15) is 0 Å². The van der Waals surface area contributed by atoms with Crippen molar-refractivity contribution >= 4 is 12.1 Å². The highest BCUT2D eigenvalue weighted by molar-refractivity contribution is 5.81. The van der Waals surface area contributed by atoms with Crippen LogP contribution in [0.2, 0.25) is 0 Å². The Hall–Kier alpha value is -2.82. The number of fused-ring (bicyclic) bond motifs is 3. The summed E-state index contributed by atoms with van der Waals surface area (Å²) in [4.78, 5) is 24.0. The summed E-state index contributed by atoms with van der Waals surface area (Å²) in [5, 5.41) is 12.1. The molecule has 2 fully saturated rings. The lowest BCUT2D eigenvalue weighted by molar-refractivity contribution is -0.142. The Labute approximate surface area is 163 Å². The number of carboxylic acid groups (broad SMARTS) is 1. The highest BCUT2D eigenvalue weighted by Crippen LogP contribution is 2.64. The molecule has 0 bridgehead atoms. The number of carbonyl (C=O) groups excluding carboxylic acids is 1. The zero-order valence-corrected chi connectivity index (χ0v) is 15.6. The molecule has 0 aliphatic heterocycles. The molecule has 0 saturated heterocycles. The van der Waals surface area contributed by atoms with Crippen molar-refractivity contribution in [1.29, 1.82) is 0 Å². The summed E-state index contributed by atoms with van der Waals surface area (Å²) in [5.74, 6) is -0.991. The summed E-state index contributed by atoms with van der Waals surface area (Å²) in [5.41, 5.74) is 5.00. The van der Waals surface area contributed by atoms with Gasteiger partial charge in [-0.1, -0.05) is 48.5 Å². The fourth-order valence-corrected chi connectivity index (χ4v) is 5.02. The molecule has 3 aliphatic rings. The van der Waals surface area contributed by atoms with Crippen LogP contribution in [0.5, 0.6) is 0 Å². The molecule has 144 valence electrons. The molecule has 5 rings (SSSR count). The lowest BCUT2D eigenvalue weighted by Gasteiger charge is -2.39. The molecule has 1 spiro atoms. The predicted molar refractivity (Wildman–Crippen MR) is 104 cm³/mol. The van der Waals surface area contributed by atoms with Crippen LogP contribution in [-0.2, 0) is 9.53 Å². The maximum Gasteiger partial charge on any atom is 0.407 e.